The van der Waals surface area contributed by atoms with Gasteiger partial charge in [-0.2, -0.15) is 0 Å². The lowest BCUT2D eigenvalue weighted by molar-refractivity contribution is -0.394. The number of carbonyl (C=O) groups is 3. The van der Waals surface area contributed by atoms with Crippen molar-refractivity contribution in [2.75, 3.05) is 13.2 Å². The average molecular weight is 585 g/mol. The van der Waals surface area contributed by atoms with Crippen LogP contribution in [0.2, 0.25) is 0 Å². The molecule has 1 unspecified atom stereocenters. The van der Waals surface area contributed by atoms with Crippen LogP contribution in [0.1, 0.15) is 40.5 Å². The van der Waals surface area contributed by atoms with Gasteiger partial charge in [0.1, 0.15) is 54.2 Å². The molecule has 12 heteroatoms. The molecular weight excluding hydrogens is 552 g/mol. The maximum Gasteiger partial charge on any atom is 0.338 e. The van der Waals surface area contributed by atoms with Gasteiger partial charge in [-0.1, -0.05) is 36.4 Å². The van der Waals surface area contributed by atoms with Crippen molar-refractivity contribution < 1.29 is 58.5 Å². The first-order valence-electron chi connectivity index (χ1n) is 13.8. The van der Waals surface area contributed by atoms with Crippen LogP contribution >= 0.6 is 0 Å². The van der Waals surface area contributed by atoms with Crippen molar-refractivity contribution in [2.24, 2.45) is 11.3 Å². The quantitative estimate of drug-likeness (QED) is 0.248. The van der Waals surface area contributed by atoms with Gasteiger partial charge in [0.05, 0.1) is 17.2 Å². The Morgan fingerprint density at radius 1 is 0.857 bits per heavy atom. The van der Waals surface area contributed by atoms with Crippen molar-refractivity contribution in [3.63, 3.8) is 0 Å². The maximum atomic E-state index is 13.5. The molecule has 3 saturated carbocycles. The molecule has 10 atom stereocenters. The van der Waals surface area contributed by atoms with Gasteiger partial charge in [-0.3, -0.25) is 4.79 Å². The number of aliphatic hydroxyl groups is 4. The first-order chi connectivity index (χ1) is 20.0. The molecule has 3 aliphatic carbocycles. The molecule has 0 spiro atoms. The number of esters is 3. The normalized spacial score (nSPS) is 40.0. The van der Waals surface area contributed by atoms with Gasteiger partial charge in [-0.15, -0.1) is 0 Å². The topological polar surface area (TPSA) is 178 Å². The van der Waals surface area contributed by atoms with Crippen LogP contribution in [0, 0.1) is 11.3 Å². The molecule has 5 aliphatic rings. The van der Waals surface area contributed by atoms with Crippen molar-refractivity contribution >= 4 is 17.9 Å². The van der Waals surface area contributed by atoms with E-state index in [1.54, 1.807) is 67.6 Å². The van der Waals surface area contributed by atoms with Gasteiger partial charge in [0.25, 0.3) is 0 Å². The number of benzene rings is 2. The highest BCUT2D eigenvalue weighted by Gasteiger charge is 2.88. The Morgan fingerprint density at radius 2 is 1.45 bits per heavy atom. The van der Waals surface area contributed by atoms with Crippen LogP contribution in [0.15, 0.2) is 60.7 Å². The molecule has 0 aromatic heterocycles. The van der Waals surface area contributed by atoms with Crippen LogP contribution in [0.3, 0.4) is 0 Å². The van der Waals surface area contributed by atoms with Crippen LogP contribution in [0.25, 0.3) is 0 Å². The minimum atomic E-state index is -1.76. The molecule has 5 fully saturated rings. The maximum absolute atomic E-state index is 13.5. The first kappa shape index (κ1) is 28.7. The number of hydrogen-bond donors (Lipinski definition) is 4. The summed E-state index contributed by atoms with van der Waals surface area (Å²) >= 11 is 0. The minimum Gasteiger partial charge on any atom is -0.461 e. The zero-order valence-electron chi connectivity index (χ0n) is 22.7. The first-order valence-corrected chi connectivity index (χ1v) is 13.8. The van der Waals surface area contributed by atoms with Crippen LogP contribution in [-0.4, -0.2) is 99.6 Å². The summed E-state index contributed by atoms with van der Waals surface area (Å²) in [6.45, 7) is 0.645. The van der Waals surface area contributed by atoms with E-state index in [9.17, 15) is 34.8 Å². The molecule has 4 N–H and O–H groups in total. The Kier molecular flexibility index (Phi) is 7.11. The van der Waals surface area contributed by atoms with Crippen molar-refractivity contribution in [2.45, 2.75) is 67.8 Å². The van der Waals surface area contributed by atoms with Crippen molar-refractivity contribution in [1.29, 1.82) is 0 Å². The predicted octanol–water partition coefficient (Wildman–Crippen LogP) is 0.350. The largest absolute Gasteiger partial charge is 0.461 e. The average Bonchev–Trinajstić information content (AvgIpc) is 3.05. The summed E-state index contributed by atoms with van der Waals surface area (Å²) in [6, 6.07) is 16.3. The molecule has 2 saturated heterocycles. The summed E-state index contributed by atoms with van der Waals surface area (Å²) in [7, 11) is 0. The molecule has 2 aromatic carbocycles. The van der Waals surface area contributed by atoms with E-state index >= 15 is 0 Å². The molecule has 7 rings (SSSR count). The molecular formula is C30H32O12. The van der Waals surface area contributed by atoms with Gasteiger partial charge >= 0.3 is 17.9 Å². The van der Waals surface area contributed by atoms with E-state index in [-0.39, 0.29) is 24.0 Å². The third-order valence-electron chi connectivity index (χ3n) is 9.28. The lowest BCUT2D eigenvalue weighted by Gasteiger charge is -2.66. The van der Waals surface area contributed by atoms with Crippen LogP contribution in [-0.2, 0) is 28.5 Å². The molecule has 2 aromatic rings. The Labute approximate surface area is 240 Å². The number of rotatable bonds is 8. The van der Waals surface area contributed by atoms with Gasteiger partial charge in [-0.25, -0.2) is 9.59 Å². The monoisotopic (exact) mass is 584 g/mol. The molecule has 0 radical (unpaired) electrons. The standard InChI is InChI=1S/C30H32O12/c1-28-13-19(31)18-12-30(28,29(18,27(37)42-28)15-39-25(36)17-10-6-3-7-11-17)41-26-23(34)22(33)21(32)20(40-26)14-38-24(35)16-8-4-2-5-9-16/h2-11,18-23,26,31-34H,12-15H2,1H3/t18-,19+,20+,21+,22-,23+,26-,28+,29?,30-/m0/s1. The predicted molar refractivity (Wildman–Crippen MR) is 140 cm³/mol. The molecule has 2 aliphatic heterocycles. The Hall–Kier alpha value is -3.39. The molecule has 12 nitrogen and oxygen atoms in total. The molecule has 4 bridgehead atoms. The van der Waals surface area contributed by atoms with E-state index in [1.165, 1.54) is 0 Å². The van der Waals surface area contributed by atoms with Gasteiger partial charge < -0.3 is 44.1 Å². The van der Waals surface area contributed by atoms with Gasteiger partial charge in [0.15, 0.2) is 6.29 Å². The van der Waals surface area contributed by atoms with E-state index in [2.05, 4.69) is 0 Å². The third-order valence-corrected chi connectivity index (χ3v) is 9.28. The summed E-state index contributed by atoms with van der Waals surface area (Å²) in [6.07, 6.45) is -8.87. The highest BCUT2D eigenvalue weighted by molar-refractivity contribution is 5.91. The number of hydrogen-bond acceptors (Lipinski definition) is 12. The smallest absolute Gasteiger partial charge is 0.338 e. The second kappa shape index (κ2) is 10.4. The Morgan fingerprint density at radius 3 is 2.07 bits per heavy atom. The molecule has 224 valence electrons. The SMILES string of the molecule is C[C@@]12C[C@@H](O)[C@@H]3C[C@@]1(O[C@@H]1O[C@H](COC(=O)c4ccccc4)[C@@H](O)[C@H](O)[C@H]1O)C3(COC(=O)c1ccccc1)C(=O)O2. The Balaban J connectivity index is 1.24. The zero-order valence-corrected chi connectivity index (χ0v) is 22.7. The second-order valence-corrected chi connectivity index (χ2v) is 11.5. The number of aliphatic hydroxyl groups excluding tert-OH is 4. The van der Waals surface area contributed by atoms with E-state index in [4.69, 9.17) is 23.7 Å². The number of ether oxygens (including phenoxy) is 5. The van der Waals surface area contributed by atoms with E-state index in [1.807, 2.05) is 0 Å². The second-order valence-electron chi connectivity index (χ2n) is 11.5. The molecule has 42 heavy (non-hydrogen) atoms. The molecule has 0 amide bonds. The van der Waals surface area contributed by atoms with E-state index in [0.29, 0.717) is 0 Å². The third kappa shape index (κ3) is 4.16. The van der Waals surface area contributed by atoms with Crippen molar-refractivity contribution in [3.8, 4) is 0 Å². The zero-order chi connectivity index (χ0) is 29.9. The fourth-order valence-corrected chi connectivity index (χ4v) is 6.99. The summed E-state index contributed by atoms with van der Waals surface area (Å²) < 4.78 is 28.8. The highest BCUT2D eigenvalue weighted by atomic mass is 16.7. The van der Waals surface area contributed by atoms with Gasteiger partial charge in [-0.05, 0) is 37.6 Å². The highest BCUT2D eigenvalue weighted by Crippen LogP contribution is 2.73. The minimum absolute atomic E-state index is 0.0178. The van der Waals surface area contributed by atoms with Crippen LogP contribution in [0.4, 0.5) is 0 Å². The summed E-state index contributed by atoms with van der Waals surface area (Å²) in [5.41, 5.74) is -4.00. The number of fused-ring (bicyclic) bond motifs is 1. The summed E-state index contributed by atoms with van der Waals surface area (Å²) in [5, 5.41) is 43.0. The van der Waals surface area contributed by atoms with E-state index < -0.39 is 90.5 Å². The van der Waals surface area contributed by atoms with E-state index in [0.717, 1.165) is 0 Å². The van der Waals surface area contributed by atoms with Crippen molar-refractivity contribution in [3.05, 3.63) is 71.8 Å². The van der Waals surface area contributed by atoms with Crippen LogP contribution < -0.4 is 0 Å². The van der Waals surface area contributed by atoms with Crippen LogP contribution in [0.5, 0.6) is 0 Å². The van der Waals surface area contributed by atoms with Gasteiger partial charge in [0.2, 0.25) is 0 Å². The fraction of sp³-hybridized carbons (Fsp3) is 0.500. The number of carbonyl (C=O) groups excluding carboxylic acids is 3. The lowest BCUT2D eigenvalue weighted by atomic mass is 9.40. The summed E-state index contributed by atoms with van der Waals surface area (Å²) in [4.78, 5) is 38.7. The Bertz CT molecular complexity index is 1350. The fourth-order valence-electron chi connectivity index (χ4n) is 6.99. The lowest BCUT2D eigenvalue weighted by Crippen LogP contribution is -2.80. The molecule has 2 heterocycles. The van der Waals surface area contributed by atoms with Crippen molar-refractivity contribution in [1.82, 2.24) is 0 Å². The summed E-state index contributed by atoms with van der Waals surface area (Å²) in [5.74, 6) is -2.77. The van der Waals surface area contributed by atoms with Gasteiger partial charge in [0, 0.05) is 12.3 Å².